The molecule has 0 atom stereocenters. The van der Waals surface area contributed by atoms with Gasteiger partial charge >= 0.3 is 0 Å². The summed E-state index contributed by atoms with van der Waals surface area (Å²) in [5.74, 6) is 0. The number of hydrogen-bond acceptors (Lipinski definition) is 2. The van der Waals surface area contributed by atoms with E-state index in [0.29, 0.717) is 20.1 Å². The molecular formula is C26H16Cl4N2. The molecule has 0 spiro atoms. The van der Waals surface area contributed by atoms with Crippen LogP contribution < -0.4 is 0 Å². The first kappa shape index (κ1) is 22.6. The Labute approximate surface area is 206 Å². The summed E-state index contributed by atoms with van der Waals surface area (Å²) in [6, 6.07) is 26.6. The van der Waals surface area contributed by atoms with Crippen molar-refractivity contribution in [3.8, 4) is 11.1 Å². The number of benzene rings is 4. The molecule has 0 aliphatic rings. The van der Waals surface area contributed by atoms with Gasteiger partial charge in [0.2, 0.25) is 0 Å². The van der Waals surface area contributed by atoms with Crippen LogP contribution >= 0.6 is 46.4 Å². The van der Waals surface area contributed by atoms with Gasteiger partial charge in [-0.3, -0.25) is 9.98 Å². The molecule has 4 aromatic rings. The third-order valence-corrected chi connectivity index (χ3v) is 6.41. The minimum Gasteiger partial charge on any atom is -0.256 e. The van der Waals surface area contributed by atoms with Gasteiger partial charge in [-0.25, -0.2) is 0 Å². The molecule has 32 heavy (non-hydrogen) atoms. The van der Waals surface area contributed by atoms with E-state index in [0.717, 1.165) is 33.6 Å². The fraction of sp³-hybridized carbons (Fsp3) is 0. The smallest absolute Gasteiger partial charge is 0.0709 e. The van der Waals surface area contributed by atoms with Crippen molar-refractivity contribution in [3.63, 3.8) is 0 Å². The van der Waals surface area contributed by atoms with E-state index in [1.54, 1.807) is 24.6 Å². The number of rotatable bonds is 5. The maximum atomic E-state index is 6.30. The van der Waals surface area contributed by atoms with Gasteiger partial charge in [-0.1, -0.05) is 107 Å². The van der Waals surface area contributed by atoms with Gasteiger partial charge in [-0.15, -0.1) is 0 Å². The molecule has 2 nitrogen and oxygen atoms in total. The second kappa shape index (κ2) is 10.3. The van der Waals surface area contributed by atoms with Crippen molar-refractivity contribution in [2.45, 2.75) is 0 Å². The van der Waals surface area contributed by atoms with E-state index in [1.165, 1.54) is 0 Å². The third-order valence-electron chi connectivity index (χ3n) is 4.75. The predicted octanol–water partition coefficient (Wildman–Crippen LogP) is 9.47. The number of hydrogen-bond donors (Lipinski definition) is 0. The molecule has 0 aliphatic carbocycles. The van der Waals surface area contributed by atoms with E-state index >= 15 is 0 Å². The highest BCUT2D eigenvalue weighted by molar-refractivity contribution is 6.44. The molecule has 0 N–H and O–H groups in total. The molecule has 6 heteroatoms. The van der Waals surface area contributed by atoms with Crippen LogP contribution in [-0.2, 0) is 0 Å². The first-order chi connectivity index (χ1) is 15.5. The summed E-state index contributed by atoms with van der Waals surface area (Å²) in [6.45, 7) is 0. The summed E-state index contributed by atoms with van der Waals surface area (Å²) in [7, 11) is 0. The van der Waals surface area contributed by atoms with Gasteiger partial charge in [0, 0.05) is 34.7 Å². The lowest BCUT2D eigenvalue weighted by molar-refractivity contribution is 1.47. The second-order valence-corrected chi connectivity index (χ2v) is 8.41. The summed E-state index contributed by atoms with van der Waals surface area (Å²) in [6.07, 6.45) is 3.43. The minimum atomic E-state index is 0.471. The largest absolute Gasteiger partial charge is 0.256 e. The first-order valence-corrected chi connectivity index (χ1v) is 11.2. The topological polar surface area (TPSA) is 24.7 Å². The molecule has 0 amide bonds. The Hall–Kier alpha value is -2.62. The monoisotopic (exact) mass is 496 g/mol. The van der Waals surface area contributed by atoms with Crippen LogP contribution in [0.2, 0.25) is 20.1 Å². The third kappa shape index (κ3) is 5.06. The van der Waals surface area contributed by atoms with E-state index < -0.39 is 0 Å². The Morgan fingerprint density at radius 1 is 0.469 bits per heavy atom. The second-order valence-electron chi connectivity index (χ2n) is 6.84. The summed E-state index contributed by atoms with van der Waals surface area (Å²) in [4.78, 5) is 9.36. The van der Waals surface area contributed by atoms with E-state index in [1.807, 2.05) is 72.8 Å². The zero-order chi connectivity index (χ0) is 22.5. The van der Waals surface area contributed by atoms with Gasteiger partial charge in [0.25, 0.3) is 0 Å². The van der Waals surface area contributed by atoms with Crippen LogP contribution in [0.1, 0.15) is 11.1 Å². The van der Waals surface area contributed by atoms with E-state index in [-0.39, 0.29) is 0 Å². The predicted molar refractivity (Wildman–Crippen MR) is 139 cm³/mol. The highest BCUT2D eigenvalue weighted by Gasteiger charge is 2.09. The van der Waals surface area contributed by atoms with Gasteiger partial charge in [-0.2, -0.15) is 0 Å². The van der Waals surface area contributed by atoms with E-state index in [4.69, 9.17) is 46.4 Å². The Morgan fingerprint density at radius 3 is 1.31 bits per heavy atom. The lowest BCUT2D eigenvalue weighted by Crippen LogP contribution is -1.86. The summed E-state index contributed by atoms with van der Waals surface area (Å²) in [5.41, 5.74) is 4.93. The van der Waals surface area contributed by atoms with Crippen molar-refractivity contribution < 1.29 is 0 Å². The Morgan fingerprint density at radius 2 is 0.875 bits per heavy atom. The van der Waals surface area contributed by atoms with Crippen molar-refractivity contribution in [2.24, 2.45) is 9.98 Å². The van der Waals surface area contributed by atoms with Crippen LogP contribution in [0.15, 0.2) is 94.9 Å². The molecule has 0 saturated heterocycles. The molecule has 0 bridgehead atoms. The molecule has 158 valence electrons. The van der Waals surface area contributed by atoms with E-state index in [2.05, 4.69) is 9.98 Å². The number of para-hydroxylation sites is 2. The Balaban J connectivity index is 1.73. The zero-order valence-corrected chi connectivity index (χ0v) is 19.7. The van der Waals surface area contributed by atoms with Gasteiger partial charge in [-0.05, 0) is 24.3 Å². The highest BCUT2D eigenvalue weighted by atomic mass is 35.5. The Bertz CT molecular complexity index is 1230. The molecule has 4 rings (SSSR count). The SMILES string of the molecule is Clc1cccc(C=Nc2ccccc2-c2ccccc2N=Cc2cccc(Cl)c2Cl)c1Cl. The zero-order valence-electron chi connectivity index (χ0n) is 16.6. The van der Waals surface area contributed by atoms with Crippen LogP contribution in [0.25, 0.3) is 11.1 Å². The van der Waals surface area contributed by atoms with Gasteiger partial charge in [0.15, 0.2) is 0 Å². The molecule has 0 aromatic heterocycles. The first-order valence-electron chi connectivity index (χ1n) is 9.69. The Kier molecular flexibility index (Phi) is 7.29. The molecule has 0 radical (unpaired) electrons. The van der Waals surface area contributed by atoms with Gasteiger partial charge in [0.1, 0.15) is 0 Å². The molecule has 0 saturated carbocycles. The van der Waals surface area contributed by atoms with Crippen LogP contribution in [0, 0.1) is 0 Å². The van der Waals surface area contributed by atoms with Crippen molar-refractivity contribution in [2.75, 3.05) is 0 Å². The van der Waals surface area contributed by atoms with Crippen molar-refractivity contribution in [1.29, 1.82) is 0 Å². The van der Waals surface area contributed by atoms with E-state index in [9.17, 15) is 0 Å². The minimum absolute atomic E-state index is 0.471. The maximum absolute atomic E-state index is 6.30. The van der Waals surface area contributed by atoms with Crippen molar-refractivity contribution >= 4 is 70.2 Å². The number of halogens is 4. The molecule has 0 unspecified atom stereocenters. The summed E-state index contributed by atoms with van der Waals surface area (Å²) < 4.78 is 0. The van der Waals surface area contributed by atoms with Crippen LogP contribution in [0.4, 0.5) is 11.4 Å². The van der Waals surface area contributed by atoms with Crippen molar-refractivity contribution in [3.05, 3.63) is 116 Å². The van der Waals surface area contributed by atoms with Gasteiger partial charge in [0.05, 0.1) is 31.5 Å². The molecule has 4 aromatic carbocycles. The molecular weight excluding hydrogens is 482 g/mol. The van der Waals surface area contributed by atoms with Gasteiger partial charge < -0.3 is 0 Å². The number of nitrogens with zero attached hydrogens (tertiary/aromatic N) is 2. The fourth-order valence-corrected chi connectivity index (χ4v) is 3.86. The molecule has 0 heterocycles. The lowest BCUT2D eigenvalue weighted by Gasteiger charge is -2.09. The van der Waals surface area contributed by atoms with Crippen LogP contribution in [0.5, 0.6) is 0 Å². The number of aliphatic imine (C=N–C) groups is 2. The average Bonchev–Trinajstić information content (AvgIpc) is 2.81. The maximum Gasteiger partial charge on any atom is 0.0709 e. The summed E-state index contributed by atoms with van der Waals surface area (Å²) >= 11 is 24.8. The summed E-state index contributed by atoms with van der Waals surface area (Å²) in [5, 5.41) is 1.92. The quantitative estimate of drug-likeness (QED) is 0.245. The average molecular weight is 498 g/mol. The van der Waals surface area contributed by atoms with Crippen LogP contribution in [0.3, 0.4) is 0 Å². The van der Waals surface area contributed by atoms with Crippen LogP contribution in [-0.4, -0.2) is 12.4 Å². The fourth-order valence-electron chi connectivity index (χ4n) is 3.15. The van der Waals surface area contributed by atoms with Crippen molar-refractivity contribution in [1.82, 2.24) is 0 Å². The standard InChI is InChI=1S/C26H16Cl4N2/c27-21-11-5-7-17(25(21)29)15-31-23-13-3-1-9-19(23)20-10-2-4-14-24(20)32-16-18-8-6-12-22(28)26(18)30/h1-16H. The normalized spacial score (nSPS) is 11.5. The molecule has 0 aliphatic heterocycles. The lowest BCUT2D eigenvalue weighted by atomic mass is 10.0. The molecule has 0 fully saturated rings. The highest BCUT2D eigenvalue weighted by Crippen LogP contribution is 2.37.